The largest absolute Gasteiger partial charge is 0.481 e. The highest BCUT2D eigenvalue weighted by Crippen LogP contribution is 2.56. The molecule has 3 heteroatoms. The van der Waals surface area contributed by atoms with Crippen LogP contribution in [0.2, 0.25) is 0 Å². The topological polar surface area (TPSA) is 54.4 Å². The van der Waals surface area contributed by atoms with Crippen LogP contribution in [0.5, 0.6) is 0 Å². The van der Waals surface area contributed by atoms with Crippen molar-refractivity contribution in [3.05, 3.63) is 34.4 Å². The minimum absolute atomic E-state index is 0.0652. The summed E-state index contributed by atoms with van der Waals surface area (Å²) in [6.07, 6.45) is 7.98. The summed E-state index contributed by atoms with van der Waals surface area (Å²) in [5.74, 6) is -0.743. The Bertz CT molecular complexity index is 675. The van der Waals surface area contributed by atoms with E-state index in [9.17, 15) is 14.7 Å². The second kappa shape index (κ2) is 8.58. The van der Waals surface area contributed by atoms with Gasteiger partial charge in [-0.15, -0.1) is 0 Å². The molecule has 1 aromatic rings. The summed E-state index contributed by atoms with van der Waals surface area (Å²) in [4.78, 5) is 26.4. The highest BCUT2D eigenvalue weighted by atomic mass is 16.4. The molecule has 150 valence electrons. The van der Waals surface area contributed by atoms with Crippen molar-refractivity contribution in [1.29, 1.82) is 0 Å². The van der Waals surface area contributed by atoms with Gasteiger partial charge in [0, 0.05) is 11.0 Å². The Morgan fingerprint density at radius 3 is 2.07 bits per heavy atom. The Balaban J connectivity index is 2.49. The number of carboxylic acid groups (broad SMARTS) is 1. The summed E-state index contributed by atoms with van der Waals surface area (Å²) in [5, 5.41) is 10.2. The Morgan fingerprint density at radius 1 is 1.04 bits per heavy atom. The highest BCUT2D eigenvalue weighted by Gasteiger charge is 2.58. The van der Waals surface area contributed by atoms with Crippen LogP contribution in [-0.4, -0.2) is 16.9 Å². The Kier molecular flexibility index (Phi) is 6.88. The first-order chi connectivity index (χ1) is 12.7. The zero-order valence-corrected chi connectivity index (χ0v) is 17.8. The van der Waals surface area contributed by atoms with Gasteiger partial charge in [-0.2, -0.15) is 0 Å². The molecule has 0 aromatic heterocycles. The summed E-state index contributed by atoms with van der Waals surface area (Å²) in [6.45, 7) is 9.99. The molecule has 1 aromatic carbocycles. The fourth-order valence-corrected chi connectivity index (χ4v) is 5.24. The van der Waals surface area contributed by atoms with Crippen LogP contribution in [0.3, 0.4) is 0 Å². The molecule has 0 heterocycles. The number of ketones is 1. The summed E-state index contributed by atoms with van der Waals surface area (Å²) >= 11 is 0. The SMILES string of the molecule is CCCCCCC(C)(C(=O)O)C1(C(=O)c2c(C)cc(C)cc2C)CCCC1. The van der Waals surface area contributed by atoms with Gasteiger partial charge >= 0.3 is 5.97 Å². The Labute approximate surface area is 164 Å². The van der Waals surface area contributed by atoms with Crippen LogP contribution in [0.4, 0.5) is 0 Å². The third kappa shape index (κ3) is 3.97. The van der Waals surface area contributed by atoms with Gasteiger partial charge in [-0.25, -0.2) is 0 Å². The van der Waals surface area contributed by atoms with Gasteiger partial charge in [-0.05, 0) is 58.1 Å². The van der Waals surface area contributed by atoms with E-state index < -0.39 is 16.8 Å². The first-order valence-electron chi connectivity index (χ1n) is 10.6. The summed E-state index contributed by atoms with van der Waals surface area (Å²) < 4.78 is 0. The van der Waals surface area contributed by atoms with Crippen molar-refractivity contribution in [2.45, 2.75) is 92.4 Å². The van der Waals surface area contributed by atoms with Crippen LogP contribution < -0.4 is 0 Å². The van der Waals surface area contributed by atoms with Gasteiger partial charge in [0.15, 0.2) is 5.78 Å². The van der Waals surface area contributed by atoms with E-state index in [4.69, 9.17) is 0 Å². The van der Waals surface area contributed by atoms with E-state index in [-0.39, 0.29) is 5.78 Å². The third-order valence-electron chi connectivity index (χ3n) is 6.85. The van der Waals surface area contributed by atoms with Crippen molar-refractivity contribution in [1.82, 2.24) is 0 Å². The molecule has 27 heavy (non-hydrogen) atoms. The molecule has 0 radical (unpaired) electrons. The molecule has 1 atom stereocenters. The molecular weight excluding hydrogens is 336 g/mol. The highest BCUT2D eigenvalue weighted by molar-refractivity contribution is 6.06. The molecule has 1 N–H and O–H groups in total. The van der Waals surface area contributed by atoms with E-state index in [1.165, 1.54) is 0 Å². The van der Waals surface area contributed by atoms with Crippen LogP contribution in [0.15, 0.2) is 12.1 Å². The average molecular weight is 373 g/mol. The Hall–Kier alpha value is -1.64. The minimum atomic E-state index is -1.00. The van der Waals surface area contributed by atoms with Crippen LogP contribution >= 0.6 is 0 Å². The molecule has 1 saturated carbocycles. The van der Waals surface area contributed by atoms with E-state index in [1.54, 1.807) is 0 Å². The van der Waals surface area contributed by atoms with Gasteiger partial charge in [0.2, 0.25) is 0 Å². The van der Waals surface area contributed by atoms with Gasteiger partial charge in [-0.3, -0.25) is 9.59 Å². The number of unbranched alkanes of at least 4 members (excludes halogenated alkanes) is 3. The van der Waals surface area contributed by atoms with E-state index >= 15 is 0 Å². The third-order valence-corrected chi connectivity index (χ3v) is 6.85. The number of Topliss-reactive ketones (excluding diaryl/α,β-unsaturated/α-hetero) is 1. The Morgan fingerprint density at radius 2 is 1.59 bits per heavy atom. The molecule has 1 aliphatic carbocycles. The molecule has 0 aliphatic heterocycles. The second-order valence-electron chi connectivity index (χ2n) is 8.84. The molecule has 1 unspecified atom stereocenters. The van der Waals surface area contributed by atoms with E-state index in [1.807, 2.05) is 39.8 Å². The van der Waals surface area contributed by atoms with Gasteiger partial charge in [0.1, 0.15) is 0 Å². The first kappa shape index (κ1) is 21.7. The van der Waals surface area contributed by atoms with E-state index in [2.05, 4.69) is 6.92 Å². The average Bonchev–Trinajstić information content (AvgIpc) is 3.08. The summed E-state index contributed by atoms with van der Waals surface area (Å²) in [6, 6.07) is 4.09. The molecule has 2 rings (SSSR count). The number of carbonyl (C=O) groups excluding carboxylic acids is 1. The van der Waals surface area contributed by atoms with Gasteiger partial charge in [0.25, 0.3) is 0 Å². The molecule has 0 bridgehead atoms. The van der Waals surface area contributed by atoms with Crippen LogP contribution in [0.1, 0.15) is 98.7 Å². The number of aliphatic carboxylic acids is 1. The van der Waals surface area contributed by atoms with Crippen LogP contribution in [0, 0.1) is 31.6 Å². The fraction of sp³-hybridized carbons (Fsp3) is 0.667. The second-order valence-corrected chi connectivity index (χ2v) is 8.84. The van der Waals surface area contributed by atoms with Gasteiger partial charge < -0.3 is 5.11 Å². The quantitative estimate of drug-likeness (QED) is 0.402. The van der Waals surface area contributed by atoms with Crippen molar-refractivity contribution < 1.29 is 14.7 Å². The fourth-order valence-electron chi connectivity index (χ4n) is 5.24. The number of rotatable bonds is 9. The number of carbonyl (C=O) groups is 2. The lowest BCUT2D eigenvalue weighted by Crippen LogP contribution is -2.49. The predicted octanol–water partition coefficient (Wildman–Crippen LogP) is 6.42. The van der Waals surface area contributed by atoms with Crippen molar-refractivity contribution in [3.63, 3.8) is 0 Å². The van der Waals surface area contributed by atoms with E-state index in [0.29, 0.717) is 19.3 Å². The number of benzene rings is 1. The molecular formula is C24H36O3. The molecule has 1 fully saturated rings. The molecule has 0 saturated heterocycles. The smallest absolute Gasteiger partial charge is 0.310 e. The lowest BCUT2D eigenvalue weighted by molar-refractivity contribution is -0.155. The monoisotopic (exact) mass is 372 g/mol. The van der Waals surface area contributed by atoms with Gasteiger partial charge in [-0.1, -0.05) is 63.1 Å². The number of carboxylic acids is 1. The zero-order chi connectivity index (χ0) is 20.2. The van der Waals surface area contributed by atoms with Gasteiger partial charge in [0.05, 0.1) is 5.41 Å². The maximum absolute atomic E-state index is 13.9. The molecule has 1 aliphatic rings. The maximum Gasteiger partial charge on any atom is 0.310 e. The summed E-state index contributed by atoms with van der Waals surface area (Å²) in [5.41, 5.74) is 2.06. The molecule has 0 amide bonds. The van der Waals surface area contributed by atoms with Crippen molar-refractivity contribution in [2.75, 3.05) is 0 Å². The number of hydrogen-bond donors (Lipinski definition) is 1. The van der Waals surface area contributed by atoms with E-state index in [0.717, 1.165) is 60.8 Å². The van der Waals surface area contributed by atoms with Crippen LogP contribution in [0.25, 0.3) is 0 Å². The van der Waals surface area contributed by atoms with Crippen molar-refractivity contribution >= 4 is 11.8 Å². The maximum atomic E-state index is 13.9. The minimum Gasteiger partial charge on any atom is -0.481 e. The normalized spacial score (nSPS) is 18.3. The zero-order valence-electron chi connectivity index (χ0n) is 17.8. The van der Waals surface area contributed by atoms with Crippen molar-refractivity contribution in [3.8, 4) is 0 Å². The standard InChI is InChI=1S/C24H36O3/c1-6-7-8-9-12-23(5,22(26)27)24(13-10-11-14-24)21(25)20-18(3)15-17(2)16-19(20)4/h15-16H,6-14H2,1-5H3,(H,26,27). The molecule has 3 nitrogen and oxygen atoms in total. The lowest BCUT2D eigenvalue weighted by atomic mass is 9.57. The summed E-state index contributed by atoms with van der Waals surface area (Å²) in [7, 11) is 0. The predicted molar refractivity (Wildman–Crippen MR) is 110 cm³/mol. The lowest BCUT2D eigenvalue weighted by Gasteiger charge is -2.43. The van der Waals surface area contributed by atoms with Crippen molar-refractivity contribution in [2.24, 2.45) is 10.8 Å². The number of aryl methyl sites for hydroxylation is 3. The molecule has 0 spiro atoms. The number of hydrogen-bond acceptors (Lipinski definition) is 2. The first-order valence-corrected chi connectivity index (χ1v) is 10.6. The van der Waals surface area contributed by atoms with Crippen LogP contribution in [-0.2, 0) is 4.79 Å².